The van der Waals surface area contributed by atoms with Crippen molar-refractivity contribution in [1.29, 1.82) is 0 Å². The molecule has 1 aromatic heterocycles. The topological polar surface area (TPSA) is 131 Å². The van der Waals surface area contributed by atoms with Crippen LogP contribution >= 0.6 is 11.3 Å². The number of amides is 1. The van der Waals surface area contributed by atoms with Crippen LogP contribution in [-0.2, 0) is 10.0 Å². The zero-order chi connectivity index (χ0) is 24.3. The zero-order valence-electron chi connectivity index (χ0n) is 17.1. The fraction of sp³-hybridized carbons (Fsp3) is 0. The number of halogens is 1. The fourth-order valence-electron chi connectivity index (χ4n) is 2.94. The molecule has 0 spiro atoms. The molecule has 0 aliphatic heterocycles. The lowest BCUT2D eigenvalue weighted by molar-refractivity contribution is -0.384. The molecule has 0 radical (unpaired) electrons. The number of nitro groups is 1. The van der Waals surface area contributed by atoms with Gasteiger partial charge in [0.2, 0.25) is 0 Å². The molecule has 1 amide bonds. The molecule has 0 unspecified atom stereocenters. The van der Waals surface area contributed by atoms with Crippen LogP contribution in [0.3, 0.4) is 0 Å². The number of rotatable bonds is 7. The van der Waals surface area contributed by atoms with Crippen LogP contribution in [0.4, 0.5) is 20.9 Å². The number of thiazole rings is 1. The fourth-order valence-corrected chi connectivity index (χ4v) is 4.70. The number of nitro benzene ring substituents is 1. The van der Waals surface area contributed by atoms with E-state index in [0.29, 0.717) is 16.4 Å². The highest BCUT2D eigenvalue weighted by Crippen LogP contribution is 2.27. The zero-order valence-corrected chi connectivity index (χ0v) is 18.8. The van der Waals surface area contributed by atoms with Crippen molar-refractivity contribution in [2.75, 3.05) is 10.0 Å². The van der Waals surface area contributed by atoms with E-state index in [1.54, 1.807) is 17.5 Å². The lowest BCUT2D eigenvalue weighted by Crippen LogP contribution is -2.15. The number of sulfonamides is 1. The smallest absolute Gasteiger partial charge is 0.269 e. The molecule has 0 saturated heterocycles. The molecule has 0 atom stereocenters. The van der Waals surface area contributed by atoms with Gasteiger partial charge in [0, 0.05) is 34.3 Å². The maximum Gasteiger partial charge on any atom is 0.269 e. The Hall–Kier alpha value is -4.16. The highest BCUT2D eigenvalue weighted by Gasteiger charge is 2.16. The first-order chi connectivity index (χ1) is 16.2. The number of carbonyl (C=O) groups is 1. The summed E-state index contributed by atoms with van der Waals surface area (Å²) in [4.78, 5) is 27.2. The van der Waals surface area contributed by atoms with E-state index >= 15 is 0 Å². The molecular formula is C22H15FN4O5S2. The molecule has 12 heteroatoms. The van der Waals surface area contributed by atoms with Gasteiger partial charge < -0.3 is 0 Å². The minimum absolute atomic E-state index is 0.0394. The van der Waals surface area contributed by atoms with Crippen LogP contribution in [0.25, 0.3) is 11.3 Å². The molecule has 0 bridgehead atoms. The molecule has 0 saturated carbocycles. The van der Waals surface area contributed by atoms with Crippen molar-refractivity contribution in [1.82, 2.24) is 4.98 Å². The van der Waals surface area contributed by atoms with Gasteiger partial charge in [0.1, 0.15) is 5.82 Å². The molecule has 1 heterocycles. The van der Waals surface area contributed by atoms with Crippen LogP contribution in [0, 0.1) is 15.9 Å². The van der Waals surface area contributed by atoms with Crippen molar-refractivity contribution in [3.05, 3.63) is 99.7 Å². The number of hydrogen-bond donors (Lipinski definition) is 2. The normalized spacial score (nSPS) is 11.1. The van der Waals surface area contributed by atoms with Crippen LogP contribution in [-0.4, -0.2) is 24.2 Å². The molecule has 3 aromatic carbocycles. The van der Waals surface area contributed by atoms with E-state index in [1.165, 1.54) is 47.7 Å². The summed E-state index contributed by atoms with van der Waals surface area (Å²) >= 11 is 1.17. The van der Waals surface area contributed by atoms with Crippen molar-refractivity contribution in [3.8, 4) is 11.3 Å². The van der Waals surface area contributed by atoms with E-state index in [0.717, 1.165) is 24.3 Å². The third-order valence-corrected chi connectivity index (χ3v) is 6.75. The molecule has 9 nitrogen and oxygen atoms in total. The van der Waals surface area contributed by atoms with E-state index in [9.17, 15) is 27.7 Å². The highest BCUT2D eigenvalue weighted by molar-refractivity contribution is 7.92. The summed E-state index contributed by atoms with van der Waals surface area (Å²) in [6.45, 7) is 0. The Bertz CT molecular complexity index is 1470. The van der Waals surface area contributed by atoms with Gasteiger partial charge in [-0.15, -0.1) is 11.3 Å². The number of carbonyl (C=O) groups excluding carboxylic acids is 1. The molecule has 34 heavy (non-hydrogen) atoms. The van der Waals surface area contributed by atoms with E-state index in [4.69, 9.17) is 0 Å². The van der Waals surface area contributed by atoms with Crippen LogP contribution in [0.15, 0.2) is 83.1 Å². The van der Waals surface area contributed by atoms with Crippen molar-refractivity contribution in [2.45, 2.75) is 4.90 Å². The minimum atomic E-state index is -3.97. The molecule has 0 aliphatic carbocycles. The monoisotopic (exact) mass is 498 g/mol. The largest absolute Gasteiger partial charge is 0.298 e. The quantitative estimate of drug-likeness (QED) is 0.275. The first kappa shape index (κ1) is 23.0. The van der Waals surface area contributed by atoms with Crippen molar-refractivity contribution < 1.29 is 22.5 Å². The number of nitrogens with one attached hydrogen (secondary N) is 2. The second-order valence-electron chi connectivity index (χ2n) is 6.94. The SMILES string of the molecule is O=C(Nc1nc(-c2ccc([N+](=O)[O-])cc2)cs1)c1cccc(NS(=O)(=O)c2ccc(F)cc2)c1. The first-order valence-corrected chi connectivity index (χ1v) is 12.0. The van der Waals surface area contributed by atoms with Crippen molar-refractivity contribution >= 4 is 43.8 Å². The maximum atomic E-state index is 13.1. The number of nitrogens with zero attached hydrogens (tertiary/aromatic N) is 2. The summed E-state index contributed by atoms with van der Waals surface area (Å²) in [6.07, 6.45) is 0. The highest BCUT2D eigenvalue weighted by atomic mass is 32.2. The van der Waals surface area contributed by atoms with E-state index in [2.05, 4.69) is 15.0 Å². The Labute approximate surface area is 197 Å². The molecule has 0 fully saturated rings. The standard InChI is InChI=1S/C22H15FN4O5S2/c23-16-6-10-19(11-7-16)34(31,32)26-17-3-1-2-15(12-17)21(28)25-22-24-20(13-33-22)14-4-8-18(9-5-14)27(29)30/h1-13,26H,(H,24,25,28). The Morgan fingerprint density at radius 2 is 1.74 bits per heavy atom. The van der Waals surface area contributed by atoms with Crippen LogP contribution in [0.1, 0.15) is 10.4 Å². The van der Waals surface area contributed by atoms with Crippen molar-refractivity contribution in [3.63, 3.8) is 0 Å². The predicted octanol–water partition coefficient (Wildman–Crippen LogP) is 4.91. The molecule has 4 aromatic rings. The van der Waals surface area contributed by atoms with Gasteiger partial charge in [-0.3, -0.25) is 24.9 Å². The van der Waals surface area contributed by atoms with Gasteiger partial charge in [0.25, 0.3) is 21.6 Å². The number of hydrogen-bond acceptors (Lipinski definition) is 7. The number of anilines is 2. The Morgan fingerprint density at radius 3 is 2.41 bits per heavy atom. The summed E-state index contributed by atoms with van der Waals surface area (Å²) in [5.41, 5.74) is 1.49. The van der Waals surface area contributed by atoms with Gasteiger partial charge in [0.15, 0.2) is 5.13 Å². The van der Waals surface area contributed by atoms with Crippen LogP contribution in [0.2, 0.25) is 0 Å². The minimum Gasteiger partial charge on any atom is -0.298 e. The van der Waals surface area contributed by atoms with E-state index in [1.807, 2.05) is 0 Å². The number of non-ortho nitro benzene ring substituents is 1. The second-order valence-corrected chi connectivity index (χ2v) is 9.48. The summed E-state index contributed by atoms with van der Waals surface area (Å²) in [5.74, 6) is -1.07. The third kappa shape index (κ3) is 5.24. The molecule has 2 N–H and O–H groups in total. The van der Waals surface area contributed by atoms with Gasteiger partial charge in [-0.25, -0.2) is 17.8 Å². The summed E-state index contributed by atoms with van der Waals surface area (Å²) in [7, 11) is -3.97. The molecule has 172 valence electrons. The predicted molar refractivity (Wildman–Crippen MR) is 126 cm³/mol. The third-order valence-electron chi connectivity index (χ3n) is 4.60. The van der Waals surface area contributed by atoms with E-state index < -0.39 is 26.7 Å². The molecule has 0 aliphatic rings. The molecule has 4 rings (SSSR count). The second kappa shape index (κ2) is 9.37. The summed E-state index contributed by atoms with van der Waals surface area (Å²) in [6, 6.07) is 16.1. The Morgan fingerprint density at radius 1 is 1.03 bits per heavy atom. The maximum absolute atomic E-state index is 13.1. The Kier molecular flexibility index (Phi) is 6.34. The lowest BCUT2D eigenvalue weighted by atomic mass is 10.1. The number of aromatic nitrogens is 1. The first-order valence-electron chi connectivity index (χ1n) is 9.61. The summed E-state index contributed by atoms with van der Waals surface area (Å²) in [5, 5.41) is 15.4. The van der Waals surface area contributed by atoms with Crippen molar-refractivity contribution in [2.24, 2.45) is 0 Å². The Balaban J connectivity index is 1.47. The number of benzene rings is 3. The van der Waals surface area contributed by atoms with Gasteiger partial charge in [-0.2, -0.15) is 0 Å². The van der Waals surface area contributed by atoms with Gasteiger partial charge in [-0.05, 0) is 54.6 Å². The lowest BCUT2D eigenvalue weighted by Gasteiger charge is -2.09. The van der Waals surface area contributed by atoms with Gasteiger partial charge >= 0.3 is 0 Å². The average Bonchev–Trinajstić information content (AvgIpc) is 3.28. The molecular weight excluding hydrogens is 483 g/mol. The van der Waals surface area contributed by atoms with Crippen LogP contribution in [0.5, 0.6) is 0 Å². The van der Waals surface area contributed by atoms with Gasteiger partial charge in [-0.1, -0.05) is 6.07 Å². The average molecular weight is 499 g/mol. The van der Waals surface area contributed by atoms with Crippen LogP contribution < -0.4 is 10.0 Å². The van der Waals surface area contributed by atoms with Gasteiger partial charge in [0.05, 0.1) is 15.5 Å². The summed E-state index contributed by atoms with van der Waals surface area (Å²) < 4.78 is 40.4. The van der Waals surface area contributed by atoms with E-state index in [-0.39, 0.29) is 21.8 Å².